The van der Waals surface area contributed by atoms with Gasteiger partial charge >= 0.3 is 0 Å². The number of fused-ring (bicyclic) bond motifs is 13. The zero-order valence-electron chi connectivity index (χ0n) is 44.2. The second kappa shape index (κ2) is 15.2. The van der Waals surface area contributed by atoms with Gasteiger partial charge in [0.2, 0.25) is 0 Å². The van der Waals surface area contributed by atoms with E-state index in [0.717, 1.165) is 17.8 Å². The van der Waals surface area contributed by atoms with E-state index >= 15 is 0 Å². The molecule has 4 fully saturated rings. The van der Waals surface area contributed by atoms with Gasteiger partial charge in [0.05, 0.1) is 5.41 Å². The molecule has 0 amide bonds. The largest absolute Gasteiger partial charge is 0.310 e. The second-order valence-electron chi connectivity index (χ2n) is 26.4. The van der Waals surface area contributed by atoms with Gasteiger partial charge in [0, 0.05) is 28.4 Å². The Kier molecular flexibility index (Phi) is 9.39. The quantitative estimate of drug-likeness (QED) is 0.166. The van der Waals surface area contributed by atoms with Gasteiger partial charge in [0.1, 0.15) is 0 Å². The van der Waals surface area contributed by atoms with Gasteiger partial charge in [-0.25, -0.2) is 0 Å². The van der Waals surface area contributed by atoms with Crippen LogP contribution in [0, 0.1) is 29.1 Å². The molecule has 72 heavy (non-hydrogen) atoms. The highest BCUT2D eigenvalue weighted by Gasteiger charge is 2.57. The molecule has 0 saturated heterocycles. The van der Waals surface area contributed by atoms with Crippen molar-refractivity contribution in [3.63, 3.8) is 0 Å². The Morgan fingerprint density at radius 3 is 1.69 bits per heavy atom. The minimum atomic E-state index is -0.445. The van der Waals surface area contributed by atoms with Crippen LogP contribution in [-0.2, 0) is 21.7 Å². The summed E-state index contributed by atoms with van der Waals surface area (Å²) in [6.07, 6.45) is 13.7. The van der Waals surface area contributed by atoms with Gasteiger partial charge in [-0.3, -0.25) is 0 Å². The average molecular weight is 938 g/mol. The van der Waals surface area contributed by atoms with Gasteiger partial charge in [0.25, 0.3) is 0 Å². The Bertz CT molecular complexity index is 3430. The van der Waals surface area contributed by atoms with Crippen LogP contribution >= 0.6 is 0 Å². The normalized spacial score (nSPS) is 26.6. The molecule has 15 rings (SSSR count). The number of hydrogen-bond donors (Lipinski definition) is 0. The monoisotopic (exact) mass is 938 g/mol. The Morgan fingerprint density at radius 1 is 0.472 bits per heavy atom. The first-order valence-electron chi connectivity index (χ1n) is 27.6. The van der Waals surface area contributed by atoms with Crippen LogP contribution in [0.2, 0.25) is 0 Å². The fraction of sp³-hybridized carbons (Fsp3) is 0.352. The second-order valence-corrected chi connectivity index (χ2v) is 26.4. The molecule has 3 unspecified atom stereocenters. The molecule has 4 saturated carbocycles. The average Bonchev–Trinajstić information content (AvgIpc) is 3.91. The highest BCUT2D eigenvalue weighted by Crippen LogP contribution is 2.68. The molecule has 8 aliphatic carbocycles. The van der Waals surface area contributed by atoms with Crippen molar-refractivity contribution >= 4 is 17.1 Å². The molecule has 7 aromatic carbocycles. The topological polar surface area (TPSA) is 3.24 Å². The molecule has 0 radical (unpaired) electrons. The molecule has 1 spiro atoms. The first-order chi connectivity index (χ1) is 34.5. The number of rotatable bonds is 5. The first-order valence-corrected chi connectivity index (χ1v) is 27.6. The molecule has 4 bridgehead atoms. The summed E-state index contributed by atoms with van der Waals surface area (Å²) in [7, 11) is 0. The van der Waals surface area contributed by atoms with Crippen molar-refractivity contribution in [1.82, 2.24) is 0 Å². The van der Waals surface area contributed by atoms with Gasteiger partial charge in [-0.2, -0.15) is 0 Å². The van der Waals surface area contributed by atoms with Crippen LogP contribution in [-0.4, -0.2) is 0 Å². The van der Waals surface area contributed by atoms with Crippen LogP contribution in [0.1, 0.15) is 151 Å². The van der Waals surface area contributed by atoms with Gasteiger partial charge in [-0.1, -0.05) is 190 Å². The van der Waals surface area contributed by atoms with Crippen LogP contribution in [0.3, 0.4) is 0 Å². The third-order valence-corrected chi connectivity index (χ3v) is 19.7. The Labute approximate surface area is 430 Å². The zero-order chi connectivity index (χ0) is 49.3. The highest BCUT2D eigenvalue weighted by molar-refractivity contribution is 5.93. The summed E-state index contributed by atoms with van der Waals surface area (Å²) in [5.41, 5.74) is 26.1. The number of hydrogen-bond acceptors (Lipinski definition) is 1. The number of nitrogens with zero attached hydrogens (tertiary/aromatic N) is 1. The molecule has 7 aromatic rings. The lowest BCUT2D eigenvalue weighted by molar-refractivity contribution is -0.00492. The maximum atomic E-state index is 2.65. The summed E-state index contributed by atoms with van der Waals surface area (Å²) in [5.74, 6) is 3.36. The molecule has 0 N–H and O–H groups in total. The summed E-state index contributed by atoms with van der Waals surface area (Å²) in [6.45, 7) is 21.6. The Morgan fingerprint density at radius 2 is 1.03 bits per heavy atom. The summed E-state index contributed by atoms with van der Waals surface area (Å²) in [5, 5.41) is 0. The van der Waals surface area contributed by atoms with Crippen molar-refractivity contribution in [3.05, 3.63) is 219 Å². The number of anilines is 3. The van der Waals surface area contributed by atoms with Crippen LogP contribution in [0.4, 0.5) is 17.1 Å². The smallest absolute Gasteiger partial charge is 0.0686 e. The van der Waals surface area contributed by atoms with E-state index in [1.165, 1.54) is 139 Å². The van der Waals surface area contributed by atoms with E-state index in [2.05, 4.69) is 231 Å². The lowest BCUT2D eigenvalue weighted by atomic mass is 9.47. The van der Waals surface area contributed by atoms with Crippen molar-refractivity contribution in [2.24, 2.45) is 29.1 Å². The third kappa shape index (κ3) is 6.25. The molecule has 0 aliphatic heterocycles. The van der Waals surface area contributed by atoms with Crippen molar-refractivity contribution in [2.75, 3.05) is 4.90 Å². The summed E-state index contributed by atoms with van der Waals surface area (Å²) >= 11 is 0. The molecule has 1 heteroatoms. The first kappa shape index (κ1) is 44.5. The van der Waals surface area contributed by atoms with Crippen molar-refractivity contribution in [2.45, 2.75) is 128 Å². The molecule has 1 nitrogen and oxygen atoms in total. The van der Waals surface area contributed by atoms with Crippen molar-refractivity contribution in [3.8, 4) is 33.4 Å². The standard InChI is InChI=1S/C71H71N/c1-43-32-49(68(5,6)7)37-65-66(43)57-29-24-48(67(2,3)4)36-63(57)71(65)62-21-15-12-17-54(62)56-30-27-52(39-64(56)71)72(51-28-31-60-58(38-51)55-18-11-13-19-59(55)69(60,8)9)50-25-22-47(23-26-50)53-16-10-14-20-61(53)70-40-44-33-45(41-70)35-46(34-44)42-70/h10-32,36-39,43-46,66H,33-35,40-42H2,1-9H3. The minimum Gasteiger partial charge on any atom is -0.310 e. The fourth-order valence-electron chi connectivity index (χ4n) is 16.7. The minimum absolute atomic E-state index is 0.00106. The van der Waals surface area contributed by atoms with E-state index in [-0.39, 0.29) is 22.2 Å². The summed E-state index contributed by atoms with van der Waals surface area (Å²) < 4.78 is 0. The van der Waals surface area contributed by atoms with Gasteiger partial charge < -0.3 is 4.90 Å². The van der Waals surface area contributed by atoms with Gasteiger partial charge in [-0.05, 0) is 204 Å². The predicted octanol–water partition coefficient (Wildman–Crippen LogP) is 18.9. The van der Waals surface area contributed by atoms with Crippen LogP contribution in [0.25, 0.3) is 33.4 Å². The Balaban J connectivity index is 0.980. The van der Waals surface area contributed by atoms with Crippen LogP contribution < -0.4 is 4.90 Å². The van der Waals surface area contributed by atoms with Gasteiger partial charge in [0.15, 0.2) is 0 Å². The van der Waals surface area contributed by atoms with E-state index in [9.17, 15) is 0 Å². The number of allylic oxidation sites excluding steroid dienone is 4. The molecular weight excluding hydrogens is 867 g/mol. The SMILES string of the molecule is CC1C=C(C(C)(C)C)C=C2C1c1ccc(C(C)(C)C)cc1C21c2ccccc2-c2ccc(N(c3ccc(-c4ccccc4C45CC6CC(CC(C6)C4)C5)cc3)c3ccc4c(c3)-c3ccccc3C4(C)C)cc21. The van der Waals surface area contributed by atoms with Crippen molar-refractivity contribution < 1.29 is 0 Å². The maximum absolute atomic E-state index is 2.65. The van der Waals surface area contributed by atoms with E-state index in [4.69, 9.17) is 0 Å². The zero-order valence-corrected chi connectivity index (χ0v) is 44.2. The van der Waals surface area contributed by atoms with Crippen LogP contribution in [0.15, 0.2) is 175 Å². The number of benzene rings is 7. The fourth-order valence-corrected chi connectivity index (χ4v) is 16.7. The van der Waals surface area contributed by atoms with E-state index < -0.39 is 5.41 Å². The van der Waals surface area contributed by atoms with E-state index in [1.807, 2.05) is 0 Å². The summed E-state index contributed by atoms with van der Waals surface area (Å²) in [4.78, 5) is 2.58. The van der Waals surface area contributed by atoms with E-state index in [0.29, 0.717) is 11.3 Å². The molecule has 0 aromatic heterocycles. The third-order valence-electron chi connectivity index (χ3n) is 19.7. The molecule has 360 valence electrons. The molecular formula is C71H71N. The van der Waals surface area contributed by atoms with Crippen molar-refractivity contribution in [1.29, 1.82) is 0 Å². The van der Waals surface area contributed by atoms with Gasteiger partial charge in [-0.15, -0.1) is 0 Å². The highest BCUT2D eigenvalue weighted by atomic mass is 15.1. The lowest BCUT2D eigenvalue weighted by Crippen LogP contribution is -2.48. The van der Waals surface area contributed by atoms with E-state index in [1.54, 1.807) is 5.56 Å². The molecule has 8 aliphatic rings. The van der Waals surface area contributed by atoms with Crippen LogP contribution in [0.5, 0.6) is 0 Å². The predicted molar refractivity (Wildman–Crippen MR) is 302 cm³/mol. The lowest BCUT2D eigenvalue weighted by Gasteiger charge is -2.57. The maximum Gasteiger partial charge on any atom is 0.0686 e. The Hall–Kier alpha value is -6.18. The summed E-state index contributed by atoms with van der Waals surface area (Å²) in [6, 6.07) is 60.2. The molecule has 3 atom stereocenters. The molecule has 0 heterocycles.